The minimum Gasteiger partial charge on any atom is -0.400 e. The monoisotopic (exact) mass is 1130 g/mol. The minimum absolute atomic E-state index is 0. The van der Waals surface area contributed by atoms with Crippen molar-refractivity contribution in [3.8, 4) is 0 Å². The molecule has 0 saturated carbocycles. The Morgan fingerprint density at radius 2 is 1.14 bits per heavy atom. The predicted octanol–water partition coefficient (Wildman–Crippen LogP) is 8.34. The molecule has 3 fully saturated rings. The Labute approximate surface area is 461 Å². The summed E-state index contributed by atoms with van der Waals surface area (Å²) in [6, 6.07) is 17.7. The number of hydrogen-bond donors (Lipinski definition) is 2. The highest BCUT2D eigenvalue weighted by Gasteiger charge is 2.52. The molecule has 18 heteroatoms. The maximum Gasteiger partial charge on any atom is 0.490 e. The van der Waals surface area contributed by atoms with Crippen LogP contribution in [0.15, 0.2) is 81.7 Å². The number of aliphatic imine (C=N–C) groups is 2. The van der Waals surface area contributed by atoms with E-state index in [1.165, 1.54) is 33.3 Å². The molecule has 2 radical (unpaired) electrons. The first-order valence-corrected chi connectivity index (χ1v) is 27.3. The first kappa shape index (κ1) is 53.3. The van der Waals surface area contributed by atoms with Gasteiger partial charge in [-0.1, -0.05) is 60.7 Å². The predicted molar refractivity (Wildman–Crippen MR) is 307 cm³/mol. The van der Waals surface area contributed by atoms with Crippen LogP contribution in [0.3, 0.4) is 0 Å². The van der Waals surface area contributed by atoms with Gasteiger partial charge in [-0.05, 0) is 161 Å². The highest BCUT2D eigenvalue weighted by molar-refractivity contribution is 14.1. The third kappa shape index (κ3) is 10.2. The molecule has 9 heterocycles. The number of nitrogens with zero attached hydrogens (tertiary/aromatic N) is 8. The molecule has 2 atom stereocenters. The van der Waals surface area contributed by atoms with Crippen molar-refractivity contribution in [1.29, 1.82) is 1.34 Å². The summed E-state index contributed by atoms with van der Waals surface area (Å²) >= 11 is 2.25. The van der Waals surface area contributed by atoms with E-state index in [1.807, 2.05) is 0 Å². The number of halogens is 2. The molecular weight excluding hydrogens is 1060 g/mol. The normalized spacial score (nSPS) is 24.2. The van der Waals surface area contributed by atoms with Gasteiger partial charge in [0.1, 0.15) is 26.7 Å². The fourth-order valence-electron chi connectivity index (χ4n) is 12.4. The standard InChI is InChI=1S/C25H29N5O.C20H22IN5.C11H19BO3.BH.ClH/c1-16-24(29-20-15-27-21(22(20)28-16)17-6-12-31-13-7-17)30-10-8-25(9-11-30)14-18-4-2-3-5-19(18)23(25)26;1-12-19(25-15-11-23-18(21)16(15)24-12)26-8-6-20(7-9-26)10-13-4-2-3-5-14(13)17(20)22;1-10(2)11(3,4)15-12(14-10)9-5-7-13-8-6-9;;/h2-6,23H,7-15,26H2,1H3;2-5,17H,6-11,22H2,1H3;5H,6-8H2,1-4H3;2*1H/t23-;17-;;;/m11.../s1/i;;;1D;. The molecule has 14 nitrogen and oxygen atoms in total. The Hall–Kier alpha value is -4.07. The molecule has 390 valence electrons. The second-order valence-electron chi connectivity index (χ2n) is 22.3. The summed E-state index contributed by atoms with van der Waals surface area (Å²) in [5.41, 5.74) is 28.4. The van der Waals surface area contributed by atoms with E-state index in [4.69, 9.17) is 56.5 Å². The zero-order valence-corrected chi connectivity index (χ0v) is 46.9. The second kappa shape index (κ2) is 21.8. The zero-order valence-electron chi connectivity index (χ0n) is 45.0. The van der Waals surface area contributed by atoms with Gasteiger partial charge in [0.25, 0.3) is 0 Å². The molecular formula is C56H72B2ClIN10O4. The molecule has 13 rings (SSSR count). The van der Waals surface area contributed by atoms with Gasteiger partial charge in [-0.2, -0.15) is 0 Å². The van der Waals surface area contributed by atoms with Gasteiger partial charge in [-0.25, -0.2) is 19.9 Å². The zero-order chi connectivity index (χ0) is 52.0. The molecule has 4 aromatic rings. The molecule has 0 bridgehead atoms. The summed E-state index contributed by atoms with van der Waals surface area (Å²) in [6.07, 6.45) is 12.6. The molecule has 9 aliphatic rings. The first-order chi connectivity index (χ1) is 35.6. The number of hydrogen-bond acceptors (Lipinski definition) is 14. The number of anilines is 2. The molecule has 0 amide bonds. The molecule has 2 aromatic heterocycles. The third-order valence-corrected chi connectivity index (χ3v) is 18.4. The lowest BCUT2D eigenvalue weighted by atomic mass is 9.73. The highest BCUT2D eigenvalue weighted by Crippen LogP contribution is 2.52. The van der Waals surface area contributed by atoms with E-state index < -0.39 is 0 Å². The summed E-state index contributed by atoms with van der Waals surface area (Å²) in [4.78, 5) is 33.8. The lowest BCUT2D eigenvalue weighted by Crippen LogP contribution is -2.45. The van der Waals surface area contributed by atoms with Gasteiger partial charge in [-0.3, -0.25) is 9.98 Å². The largest absolute Gasteiger partial charge is 0.490 e. The lowest BCUT2D eigenvalue weighted by Gasteiger charge is -2.43. The van der Waals surface area contributed by atoms with Crippen LogP contribution in [-0.2, 0) is 44.7 Å². The van der Waals surface area contributed by atoms with Crippen LogP contribution in [0, 0.1) is 24.7 Å². The summed E-state index contributed by atoms with van der Waals surface area (Å²) in [6.45, 7) is 20.6. The Morgan fingerprint density at radius 1 is 0.662 bits per heavy atom. The molecule has 2 aliphatic carbocycles. The Bertz CT molecular complexity index is 2870. The van der Waals surface area contributed by atoms with E-state index in [9.17, 15) is 0 Å². The molecule has 2 aromatic carbocycles. The molecule has 74 heavy (non-hydrogen) atoms. The van der Waals surface area contributed by atoms with Crippen LogP contribution in [0.2, 0.25) is 0 Å². The third-order valence-electron chi connectivity index (χ3n) is 17.5. The average Bonchev–Trinajstić information content (AvgIpc) is 4.20. The van der Waals surface area contributed by atoms with Gasteiger partial charge in [-0.15, -0.1) is 12.4 Å². The highest BCUT2D eigenvalue weighted by atomic mass is 127. The van der Waals surface area contributed by atoms with Crippen molar-refractivity contribution in [1.82, 2.24) is 19.9 Å². The number of ether oxygens (including phenoxy) is 2. The van der Waals surface area contributed by atoms with Crippen molar-refractivity contribution in [2.45, 2.75) is 129 Å². The Balaban J connectivity index is 0.000000142. The van der Waals surface area contributed by atoms with Crippen LogP contribution < -0.4 is 21.3 Å². The van der Waals surface area contributed by atoms with Crippen molar-refractivity contribution in [2.24, 2.45) is 32.3 Å². The van der Waals surface area contributed by atoms with E-state index in [-0.39, 0.29) is 53.6 Å². The number of aromatic nitrogens is 4. The van der Waals surface area contributed by atoms with Gasteiger partial charge in [0.2, 0.25) is 0 Å². The average molecular weight is 1130 g/mol. The Kier molecular flexibility index (Phi) is 15.7. The van der Waals surface area contributed by atoms with Gasteiger partial charge in [0.05, 0.1) is 79.2 Å². The number of rotatable bonds is 4. The topological polar surface area (TPSA) is 172 Å². The number of nitrogens with two attached hydrogens (primary N) is 2. The minimum atomic E-state index is -0.239. The number of fused-ring (bicyclic) bond motifs is 4. The summed E-state index contributed by atoms with van der Waals surface area (Å²) in [5.74, 6) is 2.05. The molecule has 3 saturated heterocycles. The van der Waals surface area contributed by atoms with Crippen LogP contribution in [0.1, 0.15) is 135 Å². The van der Waals surface area contributed by atoms with Gasteiger partial charge in [0, 0.05) is 46.6 Å². The maximum absolute atomic E-state index is 6.75. The van der Waals surface area contributed by atoms with Gasteiger partial charge >= 0.3 is 7.12 Å². The molecule has 0 unspecified atom stereocenters. The van der Waals surface area contributed by atoms with Crippen molar-refractivity contribution in [3.63, 3.8) is 0 Å². The van der Waals surface area contributed by atoms with Crippen molar-refractivity contribution < 1.29 is 18.8 Å². The van der Waals surface area contributed by atoms with Crippen LogP contribution in [0.5, 0.6) is 0 Å². The molecule has 7 aliphatic heterocycles. The van der Waals surface area contributed by atoms with Crippen LogP contribution in [-0.4, -0.2) is 110 Å². The van der Waals surface area contributed by atoms with Gasteiger partial charge < -0.3 is 40.0 Å². The van der Waals surface area contributed by atoms with E-state index in [0.29, 0.717) is 26.3 Å². The second-order valence-corrected chi connectivity index (χ2v) is 23.3. The van der Waals surface area contributed by atoms with E-state index in [1.54, 1.807) is 0 Å². The maximum atomic E-state index is 6.75. The van der Waals surface area contributed by atoms with Crippen molar-refractivity contribution >= 4 is 71.6 Å². The van der Waals surface area contributed by atoms with Crippen LogP contribution in [0.25, 0.3) is 0 Å². The van der Waals surface area contributed by atoms with Crippen LogP contribution in [0.4, 0.5) is 11.6 Å². The van der Waals surface area contributed by atoms with Gasteiger partial charge in [0.15, 0.2) is 0 Å². The number of benzene rings is 2. The summed E-state index contributed by atoms with van der Waals surface area (Å²) in [5, 5.41) is 0. The quantitative estimate of drug-likeness (QED) is 0.148. The number of piperidine rings is 2. The SMILES string of the molecule is CC1(C)OB(C2=CCOCC2)OC1(C)C.Cc1nc2c(nc1N1CCC3(CC1)Cc1ccccc1[C@H]3N)CN=C2C1=CCOCC1.Cc1nc2c(nc1N1CCC3(CC1)Cc1ccccc1[C@H]3N)CN=C2I.Cl.[2H][B]. The molecule has 4 N–H and O–H groups in total. The van der Waals surface area contributed by atoms with Crippen molar-refractivity contribution in [2.75, 3.05) is 62.4 Å². The fraction of sp³-hybridized carbons (Fsp3) is 0.536. The first-order valence-electron chi connectivity index (χ1n) is 26.8. The van der Waals surface area contributed by atoms with Crippen LogP contribution >= 0.6 is 35.0 Å². The van der Waals surface area contributed by atoms with E-state index in [2.05, 4.69) is 148 Å². The smallest absolute Gasteiger partial charge is 0.400 e. The summed E-state index contributed by atoms with van der Waals surface area (Å²) in [7, 11) is 3.57. The van der Waals surface area contributed by atoms with Crippen molar-refractivity contribution in [3.05, 3.63) is 128 Å². The fourth-order valence-corrected chi connectivity index (χ4v) is 13.0. The van der Waals surface area contributed by atoms with E-state index >= 15 is 0 Å². The number of aryl methyl sites for hydroxylation is 2. The molecule has 2 spiro atoms. The summed E-state index contributed by atoms with van der Waals surface area (Å²) < 4.78 is 28.9. The Morgan fingerprint density at radius 3 is 1.62 bits per heavy atom. The lowest BCUT2D eigenvalue weighted by molar-refractivity contribution is 0.00578. The van der Waals surface area contributed by atoms with E-state index in [0.717, 1.165) is 146 Å².